The molecule has 0 aliphatic rings. The van der Waals surface area contributed by atoms with Crippen LogP contribution in [0.5, 0.6) is 0 Å². The molecule has 2 rings (SSSR count). The number of nitrogen functional groups attached to an aromatic ring is 1. The van der Waals surface area contributed by atoms with Gasteiger partial charge in [-0.1, -0.05) is 61.5 Å². The van der Waals surface area contributed by atoms with E-state index in [0.717, 1.165) is 16.9 Å². The van der Waals surface area contributed by atoms with Gasteiger partial charge in [-0.05, 0) is 16.9 Å². The van der Waals surface area contributed by atoms with E-state index in [-0.39, 0.29) is 17.0 Å². The van der Waals surface area contributed by atoms with Crippen molar-refractivity contribution < 1.29 is 4.79 Å². The molecule has 4 N–H and O–H groups in total. The van der Waals surface area contributed by atoms with Crippen molar-refractivity contribution in [1.29, 1.82) is 5.41 Å². The predicted octanol–water partition coefficient (Wildman–Crippen LogP) is 3.08. The number of amidine groups is 1. The second kappa shape index (κ2) is 8.39. The molecule has 0 saturated heterocycles. The van der Waals surface area contributed by atoms with Gasteiger partial charge in [0, 0.05) is 12.1 Å². The van der Waals surface area contributed by atoms with Crippen LogP contribution in [0.4, 0.5) is 0 Å². The van der Waals surface area contributed by atoms with Gasteiger partial charge < -0.3 is 11.1 Å². The molecule has 0 aliphatic heterocycles. The van der Waals surface area contributed by atoms with Gasteiger partial charge in [0.25, 0.3) is 0 Å². The van der Waals surface area contributed by atoms with E-state index < -0.39 is 0 Å². The predicted molar refractivity (Wildman–Crippen MR) is 96.6 cm³/mol. The minimum absolute atomic E-state index is 0.0127. The second-order valence-corrected chi connectivity index (χ2v) is 6.46. The third-order valence-corrected chi connectivity index (χ3v) is 4.56. The summed E-state index contributed by atoms with van der Waals surface area (Å²) in [6.07, 6.45) is 0. The van der Waals surface area contributed by atoms with Crippen molar-refractivity contribution in [2.45, 2.75) is 18.7 Å². The molecular formula is C18H21N3OS. The second-order valence-electron chi connectivity index (χ2n) is 5.07. The zero-order chi connectivity index (χ0) is 16.7. The van der Waals surface area contributed by atoms with E-state index in [0.29, 0.717) is 12.1 Å². The first-order valence-electron chi connectivity index (χ1n) is 7.49. The Morgan fingerprint density at radius 1 is 1.17 bits per heavy atom. The van der Waals surface area contributed by atoms with Crippen LogP contribution in [0.1, 0.15) is 28.9 Å². The Kier molecular flexibility index (Phi) is 6.23. The number of carbonyl (C=O) groups excluding carboxylic acids is 1. The van der Waals surface area contributed by atoms with Crippen LogP contribution in [0.2, 0.25) is 0 Å². The van der Waals surface area contributed by atoms with E-state index in [4.69, 9.17) is 11.1 Å². The molecular weight excluding hydrogens is 306 g/mol. The van der Waals surface area contributed by atoms with E-state index in [1.807, 2.05) is 49.4 Å². The number of hydrogen-bond acceptors (Lipinski definition) is 3. The summed E-state index contributed by atoms with van der Waals surface area (Å²) in [5.41, 5.74) is 8.12. The van der Waals surface area contributed by atoms with Gasteiger partial charge in [0.1, 0.15) is 11.1 Å². The Hall–Kier alpha value is -2.27. The number of benzene rings is 2. The van der Waals surface area contributed by atoms with Crippen LogP contribution < -0.4 is 11.1 Å². The molecule has 2 aromatic rings. The zero-order valence-corrected chi connectivity index (χ0v) is 13.9. The van der Waals surface area contributed by atoms with E-state index in [1.54, 1.807) is 23.9 Å². The van der Waals surface area contributed by atoms with E-state index >= 15 is 0 Å². The normalized spacial score (nSPS) is 11.7. The minimum Gasteiger partial charge on any atom is -0.384 e. The van der Waals surface area contributed by atoms with Crippen LogP contribution in [0.15, 0.2) is 54.6 Å². The van der Waals surface area contributed by atoms with Crippen molar-refractivity contribution in [3.8, 4) is 0 Å². The monoisotopic (exact) mass is 327 g/mol. The molecule has 0 spiro atoms. The van der Waals surface area contributed by atoms with Crippen molar-refractivity contribution in [1.82, 2.24) is 5.32 Å². The highest BCUT2D eigenvalue weighted by atomic mass is 32.2. The Morgan fingerprint density at radius 3 is 2.39 bits per heavy atom. The number of hydrogen-bond donors (Lipinski definition) is 3. The van der Waals surface area contributed by atoms with E-state index in [1.165, 1.54) is 0 Å². The van der Waals surface area contributed by atoms with Crippen molar-refractivity contribution in [3.63, 3.8) is 0 Å². The highest BCUT2D eigenvalue weighted by molar-refractivity contribution is 8.00. The molecule has 4 nitrogen and oxygen atoms in total. The summed E-state index contributed by atoms with van der Waals surface area (Å²) in [5, 5.41) is 10.2. The van der Waals surface area contributed by atoms with Crippen LogP contribution in [0.25, 0.3) is 0 Å². The quantitative estimate of drug-likeness (QED) is 0.540. The third kappa shape index (κ3) is 4.86. The molecule has 0 fully saturated rings. The van der Waals surface area contributed by atoms with Crippen LogP contribution in [0.3, 0.4) is 0 Å². The van der Waals surface area contributed by atoms with Gasteiger partial charge in [-0.25, -0.2) is 0 Å². The van der Waals surface area contributed by atoms with Gasteiger partial charge in [-0.15, -0.1) is 11.8 Å². The standard InChI is InChI=1S/C18H21N3OS/c1-2-23-16(14-6-4-3-5-7-14)18(22)21-12-13-8-10-15(11-9-13)17(19)20/h3-11,16H,2,12H2,1H3,(H3,19,20)(H,21,22). The first-order chi connectivity index (χ1) is 11.1. The van der Waals surface area contributed by atoms with Crippen molar-refractivity contribution >= 4 is 23.5 Å². The Bertz CT molecular complexity index is 656. The number of thioether (sulfide) groups is 1. The Balaban J connectivity index is 2.00. The molecule has 0 radical (unpaired) electrons. The lowest BCUT2D eigenvalue weighted by molar-refractivity contribution is -0.120. The Labute approximate surface area is 141 Å². The topological polar surface area (TPSA) is 79.0 Å². The van der Waals surface area contributed by atoms with Crippen molar-refractivity contribution in [2.24, 2.45) is 5.73 Å². The molecule has 0 aliphatic carbocycles. The molecule has 2 aromatic carbocycles. The van der Waals surface area contributed by atoms with Crippen LogP contribution in [-0.2, 0) is 11.3 Å². The SMILES string of the molecule is CCSC(C(=O)NCc1ccc(C(=N)N)cc1)c1ccccc1. The molecule has 0 bridgehead atoms. The molecule has 0 aromatic heterocycles. The lowest BCUT2D eigenvalue weighted by atomic mass is 10.1. The lowest BCUT2D eigenvalue weighted by Gasteiger charge is -2.16. The molecule has 120 valence electrons. The van der Waals surface area contributed by atoms with Gasteiger partial charge in [-0.3, -0.25) is 10.2 Å². The molecule has 1 atom stereocenters. The number of carbonyl (C=O) groups is 1. The van der Waals surface area contributed by atoms with Gasteiger partial charge in [-0.2, -0.15) is 0 Å². The van der Waals surface area contributed by atoms with Crippen molar-refractivity contribution in [3.05, 3.63) is 71.3 Å². The first kappa shape index (κ1) is 17.1. The summed E-state index contributed by atoms with van der Waals surface area (Å²) in [6.45, 7) is 2.51. The highest BCUT2D eigenvalue weighted by Crippen LogP contribution is 2.28. The average molecular weight is 327 g/mol. The maximum atomic E-state index is 12.5. The first-order valence-corrected chi connectivity index (χ1v) is 8.54. The van der Waals surface area contributed by atoms with E-state index in [2.05, 4.69) is 5.32 Å². The number of amides is 1. The fourth-order valence-electron chi connectivity index (χ4n) is 2.20. The summed E-state index contributed by atoms with van der Waals surface area (Å²) in [5.74, 6) is 0.933. The van der Waals surface area contributed by atoms with Crippen molar-refractivity contribution in [2.75, 3.05) is 5.75 Å². The summed E-state index contributed by atoms with van der Waals surface area (Å²) in [6, 6.07) is 17.1. The third-order valence-electron chi connectivity index (χ3n) is 3.41. The summed E-state index contributed by atoms with van der Waals surface area (Å²) in [7, 11) is 0. The minimum atomic E-state index is -0.197. The van der Waals surface area contributed by atoms with Crippen LogP contribution in [-0.4, -0.2) is 17.5 Å². The lowest BCUT2D eigenvalue weighted by Crippen LogP contribution is -2.27. The molecule has 5 heteroatoms. The summed E-state index contributed by atoms with van der Waals surface area (Å²) < 4.78 is 0. The maximum Gasteiger partial charge on any atom is 0.237 e. The number of rotatable bonds is 7. The van der Waals surface area contributed by atoms with Crippen LogP contribution in [0, 0.1) is 5.41 Å². The average Bonchev–Trinajstić information content (AvgIpc) is 2.58. The highest BCUT2D eigenvalue weighted by Gasteiger charge is 2.19. The van der Waals surface area contributed by atoms with E-state index in [9.17, 15) is 4.79 Å². The van der Waals surface area contributed by atoms with Gasteiger partial charge >= 0.3 is 0 Å². The molecule has 23 heavy (non-hydrogen) atoms. The number of nitrogens with one attached hydrogen (secondary N) is 2. The molecule has 1 unspecified atom stereocenters. The molecule has 0 saturated carbocycles. The molecule has 0 heterocycles. The smallest absolute Gasteiger partial charge is 0.237 e. The summed E-state index contributed by atoms with van der Waals surface area (Å²) in [4.78, 5) is 12.5. The van der Waals surface area contributed by atoms with Gasteiger partial charge in [0.15, 0.2) is 0 Å². The van der Waals surface area contributed by atoms with Gasteiger partial charge in [0.2, 0.25) is 5.91 Å². The fraction of sp³-hybridized carbons (Fsp3) is 0.222. The maximum absolute atomic E-state index is 12.5. The Morgan fingerprint density at radius 2 is 1.83 bits per heavy atom. The molecule has 1 amide bonds. The fourth-order valence-corrected chi connectivity index (χ4v) is 3.12. The summed E-state index contributed by atoms with van der Waals surface area (Å²) >= 11 is 1.62. The number of nitrogens with two attached hydrogens (primary N) is 1. The van der Waals surface area contributed by atoms with Gasteiger partial charge in [0.05, 0.1) is 0 Å². The van der Waals surface area contributed by atoms with Crippen LogP contribution >= 0.6 is 11.8 Å². The largest absolute Gasteiger partial charge is 0.384 e. The zero-order valence-electron chi connectivity index (χ0n) is 13.1.